The molecule has 0 unspecified atom stereocenters. The first-order valence-corrected chi connectivity index (χ1v) is 10.2. The van der Waals surface area contributed by atoms with E-state index in [1.54, 1.807) is 0 Å². The summed E-state index contributed by atoms with van der Waals surface area (Å²) in [4.78, 5) is 2.70. The molecule has 0 radical (unpaired) electrons. The fourth-order valence-corrected chi connectivity index (χ4v) is 4.74. The molecule has 1 aliphatic carbocycles. The molecule has 2 heterocycles. The molecule has 1 N–H and O–H groups in total. The summed E-state index contributed by atoms with van der Waals surface area (Å²) in [6.45, 7) is 3.78. The average molecular weight is 358 g/mol. The molecule has 1 aromatic carbocycles. The number of H-pyrrole nitrogens is 1. The number of likely N-dealkylation sites (tertiary alicyclic amines) is 1. The number of rotatable bonds is 4. The lowest BCUT2D eigenvalue weighted by Crippen LogP contribution is -2.37. The molecule has 2 fully saturated rings. The Labute approximate surface area is 155 Å². The van der Waals surface area contributed by atoms with Gasteiger partial charge in [0, 0.05) is 17.1 Å². The van der Waals surface area contributed by atoms with Gasteiger partial charge in [-0.2, -0.15) is 5.10 Å². The SMILES string of the molecule is Clc1ccc(-c2[nH]ncc2C2CCN(CC3CCCCC3)CC2)cc1. The van der Waals surface area contributed by atoms with Crippen LogP contribution in [0.1, 0.15) is 56.4 Å². The molecule has 1 saturated heterocycles. The highest BCUT2D eigenvalue weighted by atomic mass is 35.5. The smallest absolute Gasteiger partial charge is 0.0685 e. The highest BCUT2D eigenvalue weighted by Gasteiger charge is 2.26. The minimum atomic E-state index is 0.618. The predicted octanol–water partition coefficient (Wildman–Crippen LogP) is 5.49. The zero-order valence-electron chi connectivity index (χ0n) is 14.9. The maximum absolute atomic E-state index is 6.03. The molecule has 1 aromatic heterocycles. The Morgan fingerprint density at radius 1 is 1.00 bits per heavy atom. The fourth-order valence-electron chi connectivity index (χ4n) is 4.61. The predicted molar refractivity (Wildman–Crippen MR) is 104 cm³/mol. The van der Waals surface area contributed by atoms with Crippen LogP contribution < -0.4 is 0 Å². The van der Waals surface area contributed by atoms with Crippen LogP contribution in [0.2, 0.25) is 5.02 Å². The van der Waals surface area contributed by atoms with E-state index >= 15 is 0 Å². The first-order chi connectivity index (χ1) is 12.3. The van der Waals surface area contributed by atoms with E-state index in [1.807, 2.05) is 18.3 Å². The van der Waals surface area contributed by atoms with E-state index in [0.29, 0.717) is 5.92 Å². The molecule has 4 rings (SSSR count). The highest BCUT2D eigenvalue weighted by molar-refractivity contribution is 6.30. The van der Waals surface area contributed by atoms with Crippen LogP contribution in [0.25, 0.3) is 11.3 Å². The van der Waals surface area contributed by atoms with Crippen molar-refractivity contribution in [3.63, 3.8) is 0 Å². The molecule has 2 aliphatic rings. The lowest BCUT2D eigenvalue weighted by molar-refractivity contribution is 0.164. The number of nitrogens with one attached hydrogen (secondary N) is 1. The number of halogens is 1. The maximum atomic E-state index is 6.03. The highest BCUT2D eigenvalue weighted by Crippen LogP contribution is 2.35. The van der Waals surface area contributed by atoms with Crippen molar-refractivity contribution in [3.8, 4) is 11.3 Å². The Morgan fingerprint density at radius 2 is 1.72 bits per heavy atom. The topological polar surface area (TPSA) is 31.9 Å². The van der Waals surface area contributed by atoms with E-state index in [2.05, 4.69) is 27.2 Å². The Kier molecular flexibility index (Phi) is 5.42. The molecule has 0 amide bonds. The number of aromatic amines is 1. The third-order valence-corrected chi connectivity index (χ3v) is 6.32. The Morgan fingerprint density at radius 3 is 2.44 bits per heavy atom. The van der Waals surface area contributed by atoms with Gasteiger partial charge in [-0.3, -0.25) is 5.10 Å². The molecule has 0 spiro atoms. The quantitative estimate of drug-likeness (QED) is 0.784. The van der Waals surface area contributed by atoms with Crippen LogP contribution in [0.5, 0.6) is 0 Å². The summed E-state index contributed by atoms with van der Waals surface area (Å²) in [6, 6.07) is 8.07. The summed E-state index contributed by atoms with van der Waals surface area (Å²) in [7, 11) is 0. The Hall–Kier alpha value is -1.32. The second kappa shape index (κ2) is 7.92. The van der Waals surface area contributed by atoms with Gasteiger partial charge < -0.3 is 4.90 Å². The summed E-state index contributed by atoms with van der Waals surface area (Å²) in [5, 5.41) is 8.32. The van der Waals surface area contributed by atoms with E-state index in [4.69, 9.17) is 11.6 Å². The van der Waals surface area contributed by atoms with E-state index in [9.17, 15) is 0 Å². The van der Waals surface area contributed by atoms with Crippen molar-refractivity contribution in [2.45, 2.75) is 50.9 Å². The van der Waals surface area contributed by atoms with Gasteiger partial charge in [0.05, 0.1) is 11.9 Å². The zero-order valence-corrected chi connectivity index (χ0v) is 15.6. The molecule has 0 atom stereocenters. The third kappa shape index (κ3) is 4.09. The van der Waals surface area contributed by atoms with Gasteiger partial charge in [-0.1, -0.05) is 43.0 Å². The molecule has 134 valence electrons. The van der Waals surface area contributed by atoms with Gasteiger partial charge in [0.25, 0.3) is 0 Å². The Bertz CT molecular complexity index is 665. The van der Waals surface area contributed by atoms with Crippen LogP contribution in [-0.2, 0) is 0 Å². The van der Waals surface area contributed by atoms with Crippen LogP contribution in [-0.4, -0.2) is 34.7 Å². The van der Waals surface area contributed by atoms with Crippen molar-refractivity contribution in [2.75, 3.05) is 19.6 Å². The second-order valence-corrected chi connectivity index (χ2v) is 8.22. The maximum Gasteiger partial charge on any atom is 0.0685 e. The number of nitrogens with zero attached hydrogens (tertiary/aromatic N) is 2. The van der Waals surface area contributed by atoms with Gasteiger partial charge in [-0.15, -0.1) is 0 Å². The van der Waals surface area contributed by atoms with Crippen LogP contribution in [0, 0.1) is 5.92 Å². The van der Waals surface area contributed by atoms with Crippen LogP contribution >= 0.6 is 11.6 Å². The minimum absolute atomic E-state index is 0.618. The summed E-state index contributed by atoms with van der Waals surface area (Å²) >= 11 is 6.03. The standard InChI is InChI=1S/C21H28ClN3/c22-19-8-6-18(7-9-19)21-20(14-23-24-21)17-10-12-25(13-11-17)15-16-4-2-1-3-5-16/h6-9,14,16-17H,1-5,10-13,15H2,(H,23,24). The van der Waals surface area contributed by atoms with Crippen LogP contribution in [0.15, 0.2) is 30.5 Å². The summed E-state index contributed by atoms with van der Waals surface area (Å²) < 4.78 is 0. The third-order valence-electron chi connectivity index (χ3n) is 6.07. The van der Waals surface area contributed by atoms with Crippen molar-refractivity contribution in [2.24, 2.45) is 5.92 Å². The van der Waals surface area contributed by atoms with Gasteiger partial charge in [-0.05, 0) is 68.3 Å². The van der Waals surface area contributed by atoms with Gasteiger partial charge in [0.15, 0.2) is 0 Å². The molecule has 2 aromatic rings. The zero-order chi connectivity index (χ0) is 17.1. The number of aromatic nitrogens is 2. The van der Waals surface area contributed by atoms with E-state index in [0.717, 1.165) is 10.9 Å². The first kappa shape index (κ1) is 17.1. The molecule has 1 aliphatic heterocycles. The molecular formula is C21H28ClN3. The van der Waals surface area contributed by atoms with Crippen LogP contribution in [0.4, 0.5) is 0 Å². The average Bonchev–Trinajstić information content (AvgIpc) is 3.14. The number of piperidine rings is 1. The van der Waals surface area contributed by atoms with Gasteiger partial charge in [0.2, 0.25) is 0 Å². The summed E-state index contributed by atoms with van der Waals surface area (Å²) in [6.07, 6.45) is 11.8. The lowest BCUT2D eigenvalue weighted by Gasteiger charge is -2.35. The fraction of sp³-hybridized carbons (Fsp3) is 0.571. The largest absolute Gasteiger partial charge is 0.303 e. The summed E-state index contributed by atoms with van der Waals surface area (Å²) in [5.41, 5.74) is 3.73. The van der Waals surface area contributed by atoms with Crippen molar-refractivity contribution in [1.29, 1.82) is 0 Å². The molecule has 3 nitrogen and oxygen atoms in total. The normalized spacial score (nSPS) is 20.8. The van der Waals surface area contributed by atoms with Crippen LogP contribution in [0.3, 0.4) is 0 Å². The van der Waals surface area contributed by atoms with E-state index in [-0.39, 0.29) is 0 Å². The van der Waals surface area contributed by atoms with Crippen molar-refractivity contribution >= 4 is 11.6 Å². The summed E-state index contributed by atoms with van der Waals surface area (Å²) in [5.74, 6) is 1.57. The second-order valence-electron chi connectivity index (χ2n) is 7.79. The van der Waals surface area contributed by atoms with Gasteiger partial charge in [-0.25, -0.2) is 0 Å². The minimum Gasteiger partial charge on any atom is -0.303 e. The van der Waals surface area contributed by atoms with Gasteiger partial charge in [0.1, 0.15) is 0 Å². The van der Waals surface area contributed by atoms with Crippen molar-refractivity contribution < 1.29 is 0 Å². The molecule has 25 heavy (non-hydrogen) atoms. The van der Waals surface area contributed by atoms with E-state index in [1.165, 1.54) is 81.4 Å². The first-order valence-electron chi connectivity index (χ1n) is 9.81. The monoisotopic (exact) mass is 357 g/mol. The lowest BCUT2D eigenvalue weighted by atomic mass is 9.86. The Balaban J connectivity index is 1.38. The van der Waals surface area contributed by atoms with Crippen molar-refractivity contribution in [3.05, 3.63) is 41.0 Å². The number of hydrogen-bond acceptors (Lipinski definition) is 2. The molecular weight excluding hydrogens is 330 g/mol. The molecule has 4 heteroatoms. The molecule has 1 saturated carbocycles. The number of benzene rings is 1. The van der Waals surface area contributed by atoms with Gasteiger partial charge >= 0.3 is 0 Å². The number of hydrogen-bond donors (Lipinski definition) is 1. The molecule has 0 bridgehead atoms. The van der Waals surface area contributed by atoms with Crippen molar-refractivity contribution in [1.82, 2.24) is 15.1 Å². The van der Waals surface area contributed by atoms with E-state index < -0.39 is 0 Å².